The lowest BCUT2D eigenvalue weighted by molar-refractivity contribution is -0.119. The Hall–Kier alpha value is -1.55. The van der Waals surface area contributed by atoms with Crippen LogP contribution in [0.5, 0.6) is 0 Å². The van der Waals surface area contributed by atoms with Crippen molar-refractivity contribution in [1.29, 1.82) is 0 Å². The number of nitrogens with one attached hydrogen (secondary N) is 2. The lowest BCUT2D eigenvalue weighted by atomic mass is 10.1. The first-order valence-electron chi connectivity index (χ1n) is 4.81. The monoisotopic (exact) mass is 240 g/mol. The van der Waals surface area contributed by atoms with E-state index in [2.05, 4.69) is 10.6 Å². The molecule has 0 bridgehead atoms. The number of carbonyl (C=O) groups excluding carboxylic acids is 2. The van der Waals surface area contributed by atoms with Crippen molar-refractivity contribution in [2.24, 2.45) is 0 Å². The Morgan fingerprint density at radius 1 is 1.25 bits per heavy atom. The minimum Gasteiger partial charge on any atom is -0.358 e. The van der Waals surface area contributed by atoms with Crippen LogP contribution in [-0.2, 0) is 10.7 Å². The summed E-state index contributed by atoms with van der Waals surface area (Å²) in [7, 11) is 1.52. The van der Waals surface area contributed by atoms with Crippen LogP contribution >= 0.6 is 11.6 Å². The number of hydrogen-bond donors (Lipinski definition) is 2. The van der Waals surface area contributed by atoms with Crippen LogP contribution in [0.3, 0.4) is 0 Å². The zero-order chi connectivity index (χ0) is 12.0. The maximum atomic E-state index is 11.5. The molecule has 4 nitrogen and oxygen atoms in total. The van der Waals surface area contributed by atoms with Crippen LogP contribution in [0, 0.1) is 0 Å². The summed E-state index contributed by atoms with van der Waals surface area (Å²) >= 11 is 5.63. The molecule has 0 fully saturated rings. The summed E-state index contributed by atoms with van der Waals surface area (Å²) in [6.07, 6.45) is 0. The lowest BCUT2D eigenvalue weighted by Gasteiger charge is -2.04. The molecule has 0 saturated heterocycles. The van der Waals surface area contributed by atoms with Crippen LogP contribution in [0.4, 0.5) is 0 Å². The summed E-state index contributed by atoms with van der Waals surface area (Å²) in [4.78, 5) is 22.4. The molecule has 2 N–H and O–H groups in total. The van der Waals surface area contributed by atoms with Gasteiger partial charge in [-0.15, -0.1) is 11.6 Å². The number of hydrogen-bond acceptors (Lipinski definition) is 2. The third kappa shape index (κ3) is 3.55. The standard InChI is InChI=1S/C11H13ClN2O2/c1-13-10(15)7-14-11(16)9-4-2-8(6-12)3-5-9/h2-5H,6-7H2,1H3,(H,13,15)(H,14,16). The fourth-order valence-electron chi connectivity index (χ4n) is 1.10. The molecule has 0 aromatic heterocycles. The largest absolute Gasteiger partial charge is 0.358 e. The van der Waals surface area contributed by atoms with E-state index in [4.69, 9.17) is 11.6 Å². The molecule has 0 spiro atoms. The van der Waals surface area contributed by atoms with Gasteiger partial charge in [0.25, 0.3) is 5.91 Å². The van der Waals surface area contributed by atoms with E-state index in [9.17, 15) is 9.59 Å². The van der Waals surface area contributed by atoms with Crippen LogP contribution in [0.25, 0.3) is 0 Å². The maximum absolute atomic E-state index is 11.5. The average Bonchev–Trinajstić information content (AvgIpc) is 2.35. The van der Waals surface area contributed by atoms with Gasteiger partial charge in [0.05, 0.1) is 6.54 Å². The van der Waals surface area contributed by atoms with Crippen molar-refractivity contribution < 1.29 is 9.59 Å². The molecule has 0 unspecified atom stereocenters. The summed E-state index contributed by atoms with van der Waals surface area (Å²) in [6, 6.07) is 6.91. The number of rotatable bonds is 4. The molecule has 0 saturated carbocycles. The number of likely N-dealkylation sites (N-methyl/N-ethyl adjacent to an activating group) is 1. The summed E-state index contributed by atoms with van der Waals surface area (Å²) < 4.78 is 0. The van der Waals surface area contributed by atoms with E-state index in [0.29, 0.717) is 11.4 Å². The predicted octanol–water partition coefficient (Wildman–Crippen LogP) is 0.901. The van der Waals surface area contributed by atoms with Gasteiger partial charge < -0.3 is 10.6 Å². The number of amides is 2. The Kier molecular flexibility index (Phi) is 4.79. The molecule has 0 aliphatic rings. The van der Waals surface area contributed by atoms with E-state index in [-0.39, 0.29) is 18.4 Å². The number of benzene rings is 1. The minimum absolute atomic E-state index is 0.0212. The predicted molar refractivity (Wildman–Crippen MR) is 62.4 cm³/mol. The lowest BCUT2D eigenvalue weighted by Crippen LogP contribution is -2.35. The molecule has 1 rings (SSSR count). The van der Waals surface area contributed by atoms with Gasteiger partial charge >= 0.3 is 0 Å². The molecule has 1 aromatic carbocycles. The summed E-state index contributed by atoms with van der Waals surface area (Å²) in [5, 5.41) is 4.92. The van der Waals surface area contributed by atoms with Crippen LogP contribution in [0.1, 0.15) is 15.9 Å². The highest BCUT2D eigenvalue weighted by molar-refractivity contribution is 6.17. The molecule has 2 amide bonds. The summed E-state index contributed by atoms with van der Waals surface area (Å²) in [5.41, 5.74) is 1.46. The molecular formula is C11H13ClN2O2. The van der Waals surface area contributed by atoms with Gasteiger partial charge in [0.15, 0.2) is 0 Å². The van der Waals surface area contributed by atoms with Crippen molar-refractivity contribution in [1.82, 2.24) is 10.6 Å². The molecule has 5 heteroatoms. The molecule has 0 aliphatic heterocycles. The van der Waals surface area contributed by atoms with E-state index in [1.165, 1.54) is 7.05 Å². The molecule has 0 aliphatic carbocycles. The van der Waals surface area contributed by atoms with Gasteiger partial charge in [-0.2, -0.15) is 0 Å². The SMILES string of the molecule is CNC(=O)CNC(=O)c1ccc(CCl)cc1. The Bertz CT molecular complexity index is 376. The second kappa shape index (κ2) is 6.12. The van der Waals surface area contributed by atoms with E-state index >= 15 is 0 Å². The van der Waals surface area contributed by atoms with E-state index < -0.39 is 0 Å². The summed E-state index contributed by atoms with van der Waals surface area (Å²) in [5.74, 6) is -0.0874. The minimum atomic E-state index is -0.273. The zero-order valence-electron chi connectivity index (χ0n) is 8.92. The van der Waals surface area contributed by atoms with Crippen molar-refractivity contribution in [3.63, 3.8) is 0 Å². The number of halogens is 1. The normalized spacial score (nSPS) is 9.62. The van der Waals surface area contributed by atoms with Gasteiger partial charge in [-0.25, -0.2) is 0 Å². The van der Waals surface area contributed by atoms with E-state index in [1.54, 1.807) is 24.3 Å². The molecule has 0 atom stereocenters. The van der Waals surface area contributed by atoms with Gasteiger partial charge in [0.2, 0.25) is 5.91 Å². The number of alkyl halides is 1. The van der Waals surface area contributed by atoms with Crippen molar-refractivity contribution in [2.75, 3.05) is 13.6 Å². The second-order valence-corrected chi connectivity index (χ2v) is 3.45. The molecule has 16 heavy (non-hydrogen) atoms. The van der Waals surface area contributed by atoms with Crippen LogP contribution < -0.4 is 10.6 Å². The Morgan fingerprint density at radius 2 is 1.88 bits per heavy atom. The van der Waals surface area contributed by atoms with Gasteiger partial charge in [-0.1, -0.05) is 12.1 Å². The van der Waals surface area contributed by atoms with Gasteiger partial charge in [0.1, 0.15) is 0 Å². The first-order valence-corrected chi connectivity index (χ1v) is 5.34. The molecule has 0 heterocycles. The third-order valence-corrected chi connectivity index (χ3v) is 2.37. The fraction of sp³-hybridized carbons (Fsp3) is 0.273. The van der Waals surface area contributed by atoms with Crippen LogP contribution in [-0.4, -0.2) is 25.4 Å². The first kappa shape index (κ1) is 12.5. The summed E-state index contributed by atoms with van der Waals surface area (Å²) in [6.45, 7) is -0.0212. The highest BCUT2D eigenvalue weighted by atomic mass is 35.5. The van der Waals surface area contributed by atoms with Gasteiger partial charge in [-0.3, -0.25) is 9.59 Å². The molecule has 86 valence electrons. The molecular weight excluding hydrogens is 228 g/mol. The number of carbonyl (C=O) groups is 2. The first-order chi connectivity index (χ1) is 7.67. The highest BCUT2D eigenvalue weighted by Gasteiger charge is 2.06. The van der Waals surface area contributed by atoms with Crippen molar-refractivity contribution in [2.45, 2.75) is 5.88 Å². The van der Waals surface area contributed by atoms with Gasteiger partial charge in [0, 0.05) is 18.5 Å². The van der Waals surface area contributed by atoms with Crippen molar-refractivity contribution in [3.8, 4) is 0 Å². The smallest absolute Gasteiger partial charge is 0.251 e. The van der Waals surface area contributed by atoms with Crippen LogP contribution in [0.15, 0.2) is 24.3 Å². The highest BCUT2D eigenvalue weighted by Crippen LogP contribution is 2.06. The van der Waals surface area contributed by atoms with Crippen molar-refractivity contribution in [3.05, 3.63) is 35.4 Å². The average molecular weight is 241 g/mol. The maximum Gasteiger partial charge on any atom is 0.251 e. The van der Waals surface area contributed by atoms with Gasteiger partial charge in [-0.05, 0) is 17.7 Å². The Balaban J connectivity index is 2.56. The topological polar surface area (TPSA) is 58.2 Å². The zero-order valence-corrected chi connectivity index (χ0v) is 9.67. The van der Waals surface area contributed by atoms with E-state index in [0.717, 1.165) is 5.56 Å². The quantitative estimate of drug-likeness (QED) is 0.769. The van der Waals surface area contributed by atoms with Crippen LogP contribution in [0.2, 0.25) is 0 Å². The Morgan fingerprint density at radius 3 is 2.38 bits per heavy atom. The molecule has 1 aromatic rings. The second-order valence-electron chi connectivity index (χ2n) is 3.19. The molecule has 0 radical (unpaired) electrons. The van der Waals surface area contributed by atoms with Crippen molar-refractivity contribution >= 4 is 23.4 Å². The third-order valence-electron chi connectivity index (χ3n) is 2.06. The Labute approximate surface area is 99.0 Å². The van der Waals surface area contributed by atoms with E-state index in [1.807, 2.05) is 0 Å². The fourth-order valence-corrected chi connectivity index (χ4v) is 1.27.